The van der Waals surface area contributed by atoms with E-state index >= 15 is 0 Å². The second-order valence-electron chi connectivity index (χ2n) is 7.89. The highest BCUT2D eigenvalue weighted by Gasteiger charge is 2.44. The Hall–Kier alpha value is -0.750. The van der Waals surface area contributed by atoms with Crippen molar-refractivity contribution in [1.29, 1.82) is 0 Å². The fourth-order valence-electron chi connectivity index (χ4n) is 3.82. The lowest BCUT2D eigenvalue weighted by atomic mass is 9.95. The zero-order valence-electron chi connectivity index (χ0n) is 17.0. The van der Waals surface area contributed by atoms with E-state index in [1.165, 1.54) is 0 Å². The number of thioether (sulfide) groups is 1. The van der Waals surface area contributed by atoms with E-state index in [4.69, 9.17) is 0 Å². The van der Waals surface area contributed by atoms with Gasteiger partial charge in [-0.2, -0.15) is 0 Å². The van der Waals surface area contributed by atoms with Crippen LogP contribution in [0.3, 0.4) is 0 Å². The van der Waals surface area contributed by atoms with Crippen LogP contribution in [0, 0.1) is 5.92 Å². The lowest BCUT2D eigenvalue weighted by molar-refractivity contribution is -0.137. The first-order valence-electron chi connectivity index (χ1n) is 10.5. The summed E-state index contributed by atoms with van der Waals surface area (Å²) in [5.41, 5.74) is 0. The van der Waals surface area contributed by atoms with Gasteiger partial charge in [0.05, 0.1) is 10.9 Å². The standard InChI is InChI=1S/C20H37N3O2S/c1-5-8-9-16(7-3)19(25)23-12-10-20(11-13-23)22-17(14-26-20)18(24)21-15(4)6-2/h15-17,22H,5-14H2,1-4H3,(H,21,24). The molecule has 0 aromatic heterocycles. The first-order valence-corrected chi connectivity index (χ1v) is 11.4. The fourth-order valence-corrected chi connectivity index (χ4v) is 5.24. The molecule has 2 heterocycles. The first-order chi connectivity index (χ1) is 12.4. The molecule has 2 fully saturated rings. The van der Waals surface area contributed by atoms with E-state index in [1.807, 2.05) is 18.7 Å². The number of likely N-dealkylation sites (tertiary alicyclic amines) is 1. The van der Waals surface area contributed by atoms with Crippen molar-refractivity contribution in [2.75, 3.05) is 18.8 Å². The maximum atomic E-state index is 12.8. The fraction of sp³-hybridized carbons (Fsp3) is 0.900. The second-order valence-corrected chi connectivity index (χ2v) is 9.30. The molecular formula is C20H37N3O2S. The minimum Gasteiger partial charge on any atom is -0.352 e. The summed E-state index contributed by atoms with van der Waals surface area (Å²) in [6, 6.07) is 0.114. The number of hydrogen-bond acceptors (Lipinski definition) is 4. The number of nitrogens with zero attached hydrogens (tertiary/aromatic N) is 1. The highest BCUT2D eigenvalue weighted by molar-refractivity contribution is 8.01. The summed E-state index contributed by atoms with van der Waals surface area (Å²) in [5, 5.41) is 6.67. The van der Waals surface area contributed by atoms with Crippen LogP contribution >= 0.6 is 11.8 Å². The first kappa shape index (κ1) is 21.5. The van der Waals surface area contributed by atoms with Crippen molar-refractivity contribution in [3.63, 3.8) is 0 Å². The molecule has 0 bridgehead atoms. The second kappa shape index (κ2) is 9.98. The molecule has 3 unspecified atom stereocenters. The van der Waals surface area contributed by atoms with Gasteiger partial charge >= 0.3 is 0 Å². The molecule has 2 aliphatic rings. The van der Waals surface area contributed by atoms with Gasteiger partial charge in [-0.05, 0) is 39.0 Å². The van der Waals surface area contributed by atoms with Crippen LogP contribution < -0.4 is 10.6 Å². The number of piperidine rings is 1. The average molecular weight is 384 g/mol. The molecular weight excluding hydrogens is 346 g/mol. The largest absolute Gasteiger partial charge is 0.352 e. The molecule has 26 heavy (non-hydrogen) atoms. The molecule has 0 saturated carbocycles. The minimum atomic E-state index is -0.107. The van der Waals surface area contributed by atoms with Crippen molar-refractivity contribution in [1.82, 2.24) is 15.5 Å². The number of hydrogen-bond donors (Lipinski definition) is 2. The van der Waals surface area contributed by atoms with Crippen LogP contribution in [0.25, 0.3) is 0 Å². The molecule has 0 aromatic carbocycles. The minimum absolute atomic E-state index is 0.0284. The van der Waals surface area contributed by atoms with Gasteiger partial charge < -0.3 is 10.2 Å². The third-order valence-corrected chi connectivity index (χ3v) is 7.49. The van der Waals surface area contributed by atoms with Gasteiger partial charge in [-0.15, -0.1) is 11.8 Å². The smallest absolute Gasteiger partial charge is 0.238 e. The number of carbonyl (C=O) groups is 2. The highest BCUT2D eigenvalue weighted by Crippen LogP contribution is 2.39. The van der Waals surface area contributed by atoms with E-state index in [-0.39, 0.29) is 28.8 Å². The third kappa shape index (κ3) is 5.38. The molecule has 5 nitrogen and oxygen atoms in total. The van der Waals surface area contributed by atoms with Crippen molar-refractivity contribution in [3.05, 3.63) is 0 Å². The monoisotopic (exact) mass is 383 g/mol. The van der Waals surface area contributed by atoms with Crippen molar-refractivity contribution in [2.24, 2.45) is 5.92 Å². The molecule has 1 spiro atoms. The number of carbonyl (C=O) groups excluding carboxylic acids is 2. The van der Waals surface area contributed by atoms with Crippen molar-refractivity contribution in [2.45, 2.75) is 89.6 Å². The molecule has 3 atom stereocenters. The topological polar surface area (TPSA) is 61.4 Å². The molecule has 0 aromatic rings. The Balaban J connectivity index is 1.84. The molecule has 2 saturated heterocycles. The molecule has 2 N–H and O–H groups in total. The Morgan fingerprint density at radius 2 is 1.92 bits per heavy atom. The molecule has 6 heteroatoms. The Labute approximate surface area is 163 Å². The van der Waals surface area contributed by atoms with Crippen molar-refractivity contribution >= 4 is 23.6 Å². The summed E-state index contributed by atoms with van der Waals surface area (Å²) < 4.78 is 0. The normalized spacial score (nSPS) is 24.5. The van der Waals surface area contributed by atoms with Gasteiger partial charge in [0.1, 0.15) is 0 Å². The molecule has 2 amide bonds. The Morgan fingerprint density at radius 1 is 1.23 bits per heavy atom. The van der Waals surface area contributed by atoms with Crippen LogP contribution in [0.15, 0.2) is 0 Å². The van der Waals surface area contributed by atoms with Crippen LogP contribution in [0.5, 0.6) is 0 Å². The van der Waals surface area contributed by atoms with Gasteiger partial charge in [-0.25, -0.2) is 0 Å². The van der Waals surface area contributed by atoms with Crippen molar-refractivity contribution < 1.29 is 9.59 Å². The third-order valence-electron chi connectivity index (χ3n) is 5.91. The van der Waals surface area contributed by atoms with E-state index in [1.54, 1.807) is 0 Å². The van der Waals surface area contributed by atoms with Gasteiger partial charge in [0.2, 0.25) is 11.8 Å². The predicted molar refractivity (Wildman–Crippen MR) is 109 cm³/mol. The Bertz CT molecular complexity index is 478. The summed E-state index contributed by atoms with van der Waals surface area (Å²) in [4.78, 5) is 27.2. The zero-order chi connectivity index (χ0) is 19.2. The van der Waals surface area contributed by atoms with Crippen LogP contribution in [0.1, 0.15) is 72.6 Å². The van der Waals surface area contributed by atoms with Gasteiger partial charge in [-0.1, -0.05) is 33.6 Å². The zero-order valence-corrected chi connectivity index (χ0v) is 17.8. The van der Waals surface area contributed by atoms with Crippen molar-refractivity contribution in [3.8, 4) is 0 Å². The van der Waals surface area contributed by atoms with E-state index in [0.717, 1.165) is 63.8 Å². The summed E-state index contributed by atoms with van der Waals surface area (Å²) >= 11 is 1.87. The van der Waals surface area contributed by atoms with Gasteiger partial charge in [0.15, 0.2) is 0 Å². The predicted octanol–water partition coefficient (Wildman–Crippen LogP) is 3.14. The number of nitrogens with one attached hydrogen (secondary N) is 2. The van der Waals surface area contributed by atoms with Crippen LogP contribution in [0.4, 0.5) is 0 Å². The summed E-state index contributed by atoms with van der Waals surface area (Å²) in [7, 11) is 0. The molecule has 2 aliphatic heterocycles. The lowest BCUT2D eigenvalue weighted by Crippen LogP contribution is -2.55. The summed E-state index contributed by atoms with van der Waals surface area (Å²) in [6.07, 6.45) is 7.04. The van der Waals surface area contributed by atoms with Crippen LogP contribution in [-0.2, 0) is 9.59 Å². The molecule has 0 aliphatic carbocycles. The van der Waals surface area contributed by atoms with E-state index in [9.17, 15) is 9.59 Å². The number of rotatable bonds is 8. The van der Waals surface area contributed by atoms with Gasteiger partial charge in [-0.3, -0.25) is 14.9 Å². The average Bonchev–Trinajstić information content (AvgIpc) is 3.06. The van der Waals surface area contributed by atoms with E-state index < -0.39 is 0 Å². The van der Waals surface area contributed by atoms with Crippen LogP contribution in [0.2, 0.25) is 0 Å². The Morgan fingerprint density at radius 3 is 2.50 bits per heavy atom. The van der Waals surface area contributed by atoms with Gasteiger partial charge in [0.25, 0.3) is 0 Å². The van der Waals surface area contributed by atoms with E-state index in [0.29, 0.717) is 5.91 Å². The maximum absolute atomic E-state index is 12.8. The van der Waals surface area contributed by atoms with Gasteiger partial charge in [0, 0.05) is 30.8 Å². The molecule has 2 rings (SSSR count). The maximum Gasteiger partial charge on any atom is 0.238 e. The number of amides is 2. The summed E-state index contributed by atoms with van der Waals surface area (Å²) in [5.74, 6) is 1.46. The lowest BCUT2D eigenvalue weighted by Gasteiger charge is -2.40. The summed E-state index contributed by atoms with van der Waals surface area (Å²) in [6.45, 7) is 10.0. The Kier molecular flexibility index (Phi) is 8.27. The molecule has 150 valence electrons. The van der Waals surface area contributed by atoms with E-state index in [2.05, 4.69) is 36.3 Å². The quantitative estimate of drug-likeness (QED) is 0.676. The highest BCUT2D eigenvalue weighted by atomic mass is 32.2. The molecule has 0 radical (unpaired) electrons. The SMILES string of the molecule is CCCCC(CC)C(=O)N1CCC2(CC1)NC(C(=O)NC(C)CC)CS2. The van der Waals surface area contributed by atoms with Crippen LogP contribution in [-0.4, -0.2) is 52.5 Å². The number of unbranched alkanes of at least 4 members (excludes halogenated alkanes) is 1.